The number of halogens is 4. The van der Waals surface area contributed by atoms with Crippen molar-refractivity contribution in [2.24, 2.45) is 0 Å². The van der Waals surface area contributed by atoms with Gasteiger partial charge in [0, 0.05) is 24.3 Å². The lowest BCUT2D eigenvalue weighted by Crippen LogP contribution is -2.16. The van der Waals surface area contributed by atoms with E-state index in [1.807, 2.05) is 0 Å². The number of carbonyl (C=O) groups excluding carboxylic acids is 1. The van der Waals surface area contributed by atoms with Crippen molar-refractivity contribution in [2.45, 2.75) is 11.2 Å². The standard InChI is InChI=1S/C13H9ClF3N3O3S/c1-24(22,23)10-5-8(2-3-18-10)20-12(21)9-4-7(13(15,16)17)6-19-11(9)14/h2-6H,1H3,(H,18,20,21). The number of nitrogens with zero attached hydrogens (tertiary/aromatic N) is 2. The van der Waals surface area contributed by atoms with Crippen LogP contribution in [0.5, 0.6) is 0 Å². The highest BCUT2D eigenvalue weighted by molar-refractivity contribution is 7.90. The van der Waals surface area contributed by atoms with Crippen LogP contribution in [0.1, 0.15) is 15.9 Å². The molecule has 2 aromatic rings. The Morgan fingerprint density at radius 3 is 2.50 bits per heavy atom. The molecule has 0 aliphatic heterocycles. The van der Waals surface area contributed by atoms with Crippen molar-refractivity contribution in [3.8, 4) is 0 Å². The number of anilines is 1. The van der Waals surface area contributed by atoms with Crippen LogP contribution in [0.2, 0.25) is 5.15 Å². The number of hydrogen-bond donors (Lipinski definition) is 1. The molecule has 6 nitrogen and oxygen atoms in total. The van der Waals surface area contributed by atoms with Crippen molar-refractivity contribution >= 4 is 33.0 Å². The molecule has 0 aliphatic rings. The molecule has 128 valence electrons. The van der Waals surface area contributed by atoms with Crippen molar-refractivity contribution in [3.05, 3.63) is 46.9 Å². The first-order chi connectivity index (χ1) is 11.0. The average molecular weight is 380 g/mol. The largest absolute Gasteiger partial charge is 0.417 e. The number of rotatable bonds is 3. The van der Waals surface area contributed by atoms with Gasteiger partial charge in [-0.15, -0.1) is 0 Å². The summed E-state index contributed by atoms with van der Waals surface area (Å²) in [4.78, 5) is 19.1. The minimum absolute atomic E-state index is 0.0314. The highest BCUT2D eigenvalue weighted by atomic mass is 35.5. The molecule has 0 aromatic carbocycles. The smallest absolute Gasteiger partial charge is 0.322 e. The Labute approximate surface area is 139 Å². The first-order valence-electron chi connectivity index (χ1n) is 6.18. The first-order valence-corrected chi connectivity index (χ1v) is 8.45. The summed E-state index contributed by atoms with van der Waals surface area (Å²) in [5.74, 6) is -0.968. The van der Waals surface area contributed by atoms with Crippen LogP contribution in [-0.4, -0.2) is 30.5 Å². The van der Waals surface area contributed by atoms with E-state index in [0.717, 1.165) is 18.5 Å². The van der Waals surface area contributed by atoms with Gasteiger partial charge in [0.1, 0.15) is 5.15 Å². The molecule has 11 heteroatoms. The van der Waals surface area contributed by atoms with E-state index >= 15 is 0 Å². The van der Waals surface area contributed by atoms with E-state index in [-0.39, 0.29) is 10.7 Å². The molecule has 0 saturated heterocycles. The average Bonchev–Trinajstić information content (AvgIpc) is 2.45. The molecule has 0 spiro atoms. The highest BCUT2D eigenvalue weighted by Crippen LogP contribution is 2.30. The van der Waals surface area contributed by atoms with Crippen LogP contribution in [0, 0.1) is 0 Å². The van der Waals surface area contributed by atoms with Gasteiger partial charge in [-0.2, -0.15) is 13.2 Å². The van der Waals surface area contributed by atoms with E-state index in [1.54, 1.807) is 0 Å². The van der Waals surface area contributed by atoms with Gasteiger partial charge in [-0.05, 0) is 18.2 Å². The Morgan fingerprint density at radius 1 is 1.25 bits per heavy atom. The lowest BCUT2D eigenvalue weighted by molar-refractivity contribution is -0.137. The van der Waals surface area contributed by atoms with Gasteiger partial charge in [-0.3, -0.25) is 4.79 Å². The Hall–Kier alpha value is -2.20. The summed E-state index contributed by atoms with van der Waals surface area (Å²) in [7, 11) is -3.61. The minimum atomic E-state index is -4.69. The highest BCUT2D eigenvalue weighted by Gasteiger charge is 2.32. The number of amides is 1. The van der Waals surface area contributed by atoms with Crippen LogP contribution in [0.4, 0.5) is 18.9 Å². The summed E-state index contributed by atoms with van der Waals surface area (Å²) in [5, 5.41) is 1.54. The predicted octanol–water partition coefficient (Wildman–Crippen LogP) is 2.80. The monoisotopic (exact) mass is 379 g/mol. The van der Waals surface area contributed by atoms with E-state index in [4.69, 9.17) is 11.6 Å². The quantitative estimate of drug-likeness (QED) is 0.828. The number of pyridine rings is 2. The fourth-order valence-corrected chi connectivity index (χ4v) is 2.43. The fourth-order valence-electron chi connectivity index (χ4n) is 1.65. The SMILES string of the molecule is CS(=O)(=O)c1cc(NC(=O)c2cc(C(F)(F)F)cnc2Cl)ccn1. The lowest BCUT2D eigenvalue weighted by atomic mass is 10.2. The molecule has 24 heavy (non-hydrogen) atoms. The number of alkyl halides is 3. The Kier molecular flexibility index (Phi) is 4.81. The van der Waals surface area contributed by atoms with Gasteiger partial charge in [0.25, 0.3) is 5.91 Å². The van der Waals surface area contributed by atoms with Crippen LogP contribution in [0.3, 0.4) is 0 Å². The van der Waals surface area contributed by atoms with Crippen molar-refractivity contribution in [1.82, 2.24) is 9.97 Å². The maximum absolute atomic E-state index is 12.7. The molecule has 0 radical (unpaired) electrons. The van der Waals surface area contributed by atoms with Gasteiger partial charge in [-0.25, -0.2) is 18.4 Å². The van der Waals surface area contributed by atoms with E-state index in [0.29, 0.717) is 12.3 Å². The maximum Gasteiger partial charge on any atom is 0.417 e. The predicted molar refractivity (Wildman–Crippen MR) is 79.5 cm³/mol. The zero-order chi connectivity index (χ0) is 18.1. The van der Waals surface area contributed by atoms with E-state index in [2.05, 4.69) is 15.3 Å². The third-order valence-corrected chi connectivity index (χ3v) is 4.07. The molecule has 0 unspecified atom stereocenters. The molecule has 0 bridgehead atoms. The summed E-state index contributed by atoms with van der Waals surface area (Å²) in [5.41, 5.74) is -1.60. The second-order valence-corrected chi connectivity index (χ2v) is 6.99. The van der Waals surface area contributed by atoms with Crippen LogP contribution in [0.25, 0.3) is 0 Å². The van der Waals surface area contributed by atoms with E-state index < -0.39 is 38.2 Å². The molecule has 0 saturated carbocycles. The zero-order valence-electron chi connectivity index (χ0n) is 11.9. The summed E-state index contributed by atoms with van der Waals surface area (Å²) >= 11 is 5.66. The second-order valence-electron chi connectivity index (χ2n) is 4.67. The molecular formula is C13H9ClF3N3O3S. The summed E-state index contributed by atoms with van der Waals surface area (Å²) in [6, 6.07) is 2.91. The summed E-state index contributed by atoms with van der Waals surface area (Å²) < 4.78 is 60.9. The summed E-state index contributed by atoms with van der Waals surface area (Å²) in [6.07, 6.45) is -2.12. The van der Waals surface area contributed by atoms with Crippen LogP contribution >= 0.6 is 11.6 Å². The topological polar surface area (TPSA) is 89.0 Å². The lowest BCUT2D eigenvalue weighted by Gasteiger charge is -2.10. The minimum Gasteiger partial charge on any atom is -0.322 e. The molecule has 1 N–H and O–H groups in total. The van der Waals surface area contributed by atoms with Crippen molar-refractivity contribution in [3.63, 3.8) is 0 Å². The maximum atomic E-state index is 12.7. The summed E-state index contributed by atoms with van der Waals surface area (Å²) in [6.45, 7) is 0. The van der Waals surface area contributed by atoms with Gasteiger partial charge >= 0.3 is 6.18 Å². The number of aromatic nitrogens is 2. The number of nitrogens with one attached hydrogen (secondary N) is 1. The zero-order valence-corrected chi connectivity index (χ0v) is 13.5. The molecule has 1 amide bonds. The normalized spacial score (nSPS) is 12.0. The van der Waals surface area contributed by atoms with Crippen LogP contribution < -0.4 is 5.32 Å². The Bertz CT molecular complexity index is 901. The second kappa shape index (κ2) is 6.36. The Balaban J connectivity index is 2.34. The molecule has 2 heterocycles. The molecule has 2 aromatic heterocycles. The van der Waals surface area contributed by atoms with Gasteiger partial charge in [0.2, 0.25) is 0 Å². The molecule has 0 fully saturated rings. The van der Waals surface area contributed by atoms with Gasteiger partial charge in [-0.1, -0.05) is 11.6 Å². The van der Waals surface area contributed by atoms with Gasteiger partial charge in [0.15, 0.2) is 14.9 Å². The number of carbonyl (C=O) groups is 1. The van der Waals surface area contributed by atoms with Crippen molar-refractivity contribution in [1.29, 1.82) is 0 Å². The molecule has 0 atom stereocenters. The third-order valence-electron chi connectivity index (χ3n) is 2.78. The first kappa shape index (κ1) is 18.1. The van der Waals surface area contributed by atoms with Gasteiger partial charge in [0.05, 0.1) is 11.1 Å². The molecule has 2 rings (SSSR count). The van der Waals surface area contributed by atoms with E-state index in [9.17, 15) is 26.4 Å². The number of hydrogen-bond acceptors (Lipinski definition) is 5. The van der Waals surface area contributed by atoms with E-state index in [1.165, 1.54) is 6.07 Å². The van der Waals surface area contributed by atoms with Gasteiger partial charge < -0.3 is 5.32 Å². The van der Waals surface area contributed by atoms with Crippen LogP contribution in [-0.2, 0) is 16.0 Å². The molecule has 0 aliphatic carbocycles. The third kappa shape index (κ3) is 4.20. The van der Waals surface area contributed by atoms with Crippen molar-refractivity contribution < 1.29 is 26.4 Å². The van der Waals surface area contributed by atoms with Crippen LogP contribution in [0.15, 0.2) is 35.6 Å². The number of sulfone groups is 1. The van der Waals surface area contributed by atoms with Crippen molar-refractivity contribution in [2.75, 3.05) is 11.6 Å². The molecular weight excluding hydrogens is 371 g/mol. The Morgan fingerprint density at radius 2 is 1.92 bits per heavy atom. The fraction of sp³-hybridized carbons (Fsp3) is 0.154.